The van der Waals surface area contributed by atoms with E-state index in [2.05, 4.69) is 4.98 Å². The molecule has 0 spiro atoms. The fourth-order valence-corrected chi connectivity index (χ4v) is 2.81. The summed E-state index contributed by atoms with van der Waals surface area (Å²) in [5.74, 6) is 1.23. The van der Waals surface area contributed by atoms with Gasteiger partial charge in [-0.15, -0.1) is 11.3 Å². The van der Waals surface area contributed by atoms with Gasteiger partial charge in [0.05, 0.1) is 17.8 Å². The molecule has 0 atom stereocenters. The monoisotopic (exact) mass is 305 g/mol. The predicted molar refractivity (Wildman–Crippen MR) is 78.3 cm³/mol. The van der Waals surface area contributed by atoms with Crippen LogP contribution in [0.15, 0.2) is 23.7 Å². The van der Waals surface area contributed by atoms with Gasteiger partial charge in [0.25, 0.3) is 0 Å². The lowest BCUT2D eigenvalue weighted by atomic mass is 10.1. The normalized spacial score (nSPS) is 12.6. The zero-order chi connectivity index (χ0) is 14.7. The van der Waals surface area contributed by atoms with E-state index >= 15 is 0 Å². The number of aryl methyl sites for hydroxylation is 1. The van der Waals surface area contributed by atoms with Gasteiger partial charge in [0, 0.05) is 16.9 Å². The van der Waals surface area contributed by atoms with E-state index in [9.17, 15) is 4.79 Å². The van der Waals surface area contributed by atoms with Gasteiger partial charge in [-0.05, 0) is 25.1 Å². The van der Waals surface area contributed by atoms with E-state index in [4.69, 9.17) is 14.2 Å². The van der Waals surface area contributed by atoms with E-state index < -0.39 is 0 Å². The largest absolute Gasteiger partial charge is 0.454 e. The lowest BCUT2D eigenvalue weighted by Gasteiger charge is -2.04. The number of rotatable bonds is 6. The van der Waals surface area contributed by atoms with Gasteiger partial charge in [0.2, 0.25) is 6.79 Å². The maximum atomic E-state index is 12.0. The standard InChI is InChI=1S/C15H15NO4S/c1-10-15(21-8-16-10)4-5-18-7-12(17)11-2-3-13-14(6-11)20-9-19-13/h2-3,6,8H,4-5,7,9H2,1H3. The Labute approximate surface area is 126 Å². The summed E-state index contributed by atoms with van der Waals surface area (Å²) in [6, 6.07) is 5.17. The van der Waals surface area contributed by atoms with Crippen molar-refractivity contribution in [3.05, 3.63) is 39.8 Å². The molecule has 3 rings (SSSR count). The topological polar surface area (TPSA) is 57.7 Å². The second-order valence-corrected chi connectivity index (χ2v) is 5.59. The Morgan fingerprint density at radius 2 is 2.24 bits per heavy atom. The minimum Gasteiger partial charge on any atom is -0.454 e. The summed E-state index contributed by atoms with van der Waals surface area (Å²) in [5, 5.41) is 0. The molecule has 1 aliphatic heterocycles. The third-order valence-corrected chi connectivity index (χ3v) is 4.24. The van der Waals surface area contributed by atoms with E-state index in [0.29, 0.717) is 23.7 Å². The lowest BCUT2D eigenvalue weighted by molar-refractivity contribution is 0.0766. The molecular formula is C15H15NO4S. The number of fused-ring (bicyclic) bond motifs is 1. The number of Topliss-reactive ketones (excluding diaryl/α,β-unsaturated/α-hetero) is 1. The van der Waals surface area contributed by atoms with Crippen LogP contribution < -0.4 is 9.47 Å². The molecule has 6 heteroatoms. The summed E-state index contributed by atoms with van der Waals surface area (Å²) in [5.41, 5.74) is 3.43. The van der Waals surface area contributed by atoms with E-state index in [0.717, 1.165) is 12.1 Å². The van der Waals surface area contributed by atoms with Gasteiger partial charge < -0.3 is 14.2 Å². The Hall–Kier alpha value is -1.92. The first-order valence-electron chi connectivity index (χ1n) is 6.63. The minimum absolute atomic E-state index is 0.0608. The van der Waals surface area contributed by atoms with Gasteiger partial charge >= 0.3 is 0 Å². The first-order chi connectivity index (χ1) is 10.2. The SMILES string of the molecule is Cc1ncsc1CCOCC(=O)c1ccc2c(c1)OCO2. The maximum absolute atomic E-state index is 12.0. The Bertz CT molecular complexity index is 653. The summed E-state index contributed by atoms with van der Waals surface area (Å²) in [6.45, 7) is 2.76. The average Bonchev–Trinajstić information content (AvgIpc) is 3.11. The van der Waals surface area contributed by atoms with Gasteiger partial charge in [-0.3, -0.25) is 4.79 Å². The molecule has 0 radical (unpaired) electrons. The van der Waals surface area contributed by atoms with E-state index in [1.54, 1.807) is 29.5 Å². The third-order valence-electron chi connectivity index (χ3n) is 3.25. The molecule has 1 aliphatic rings. The van der Waals surface area contributed by atoms with Gasteiger partial charge in [0.15, 0.2) is 17.3 Å². The number of thiazole rings is 1. The highest BCUT2D eigenvalue weighted by Gasteiger charge is 2.16. The van der Waals surface area contributed by atoms with Crippen LogP contribution in [-0.4, -0.2) is 30.8 Å². The molecule has 21 heavy (non-hydrogen) atoms. The molecule has 2 aromatic rings. The molecule has 110 valence electrons. The Morgan fingerprint density at radius 3 is 3.05 bits per heavy atom. The van der Waals surface area contributed by atoms with Crippen LogP contribution in [0.5, 0.6) is 11.5 Å². The molecule has 1 aromatic carbocycles. The highest BCUT2D eigenvalue weighted by Crippen LogP contribution is 2.32. The molecule has 2 heterocycles. The highest BCUT2D eigenvalue weighted by molar-refractivity contribution is 7.09. The smallest absolute Gasteiger partial charge is 0.231 e. The highest BCUT2D eigenvalue weighted by atomic mass is 32.1. The van der Waals surface area contributed by atoms with Crippen LogP contribution in [0.3, 0.4) is 0 Å². The summed E-state index contributed by atoms with van der Waals surface area (Å²) < 4.78 is 15.9. The molecule has 0 amide bonds. The minimum atomic E-state index is -0.0608. The summed E-state index contributed by atoms with van der Waals surface area (Å²) in [6.07, 6.45) is 0.783. The van der Waals surface area contributed by atoms with Crippen molar-refractivity contribution in [1.82, 2.24) is 4.98 Å². The Morgan fingerprint density at radius 1 is 1.38 bits per heavy atom. The molecule has 0 saturated heterocycles. The Balaban J connectivity index is 1.49. The molecule has 1 aromatic heterocycles. The van der Waals surface area contributed by atoms with Gasteiger partial charge in [-0.25, -0.2) is 4.98 Å². The van der Waals surface area contributed by atoms with Crippen LogP contribution in [0.4, 0.5) is 0 Å². The van der Waals surface area contributed by atoms with E-state index in [1.165, 1.54) is 4.88 Å². The van der Waals surface area contributed by atoms with Crippen molar-refractivity contribution < 1.29 is 19.0 Å². The van der Waals surface area contributed by atoms with Crippen molar-refractivity contribution in [3.63, 3.8) is 0 Å². The number of nitrogens with zero attached hydrogens (tertiary/aromatic N) is 1. The summed E-state index contributed by atoms with van der Waals surface area (Å²) in [4.78, 5) is 17.4. The fraction of sp³-hybridized carbons (Fsp3) is 0.333. The van der Waals surface area contributed by atoms with Crippen LogP contribution in [-0.2, 0) is 11.2 Å². The van der Waals surface area contributed by atoms with E-state index in [1.807, 2.05) is 12.4 Å². The fourth-order valence-electron chi connectivity index (χ4n) is 2.05. The third kappa shape index (κ3) is 3.22. The number of carbonyl (C=O) groups excluding carboxylic acids is 1. The zero-order valence-corrected chi connectivity index (χ0v) is 12.4. The first-order valence-corrected chi connectivity index (χ1v) is 7.51. The lowest BCUT2D eigenvalue weighted by Crippen LogP contribution is -2.10. The quantitative estimate of drug-likeness (QED) is 0.606. The molecule has 5 nitrogen and oxygen atoms in total. The van der Waals surface area contributed by atoms with Crippen molar-refractivity contribution in [1.29, 1.82) is 0 Å². The predicted octanol–water partition coefficient (Wildman–Crippen LogP) is 2.62. The molecule has 0 bridgehead atoms. The molecular weight excluding hydrogens is 290 g/mol. The molecule has 0 unspecified atom stereocenters. The van der Waals surface area contributed by atoms with E-state index in [-0.39, 0.29) is 19.2 Å². The molecule has 0 aliphatic carbocycles. The van der Waals surface area contributed by atoms with Crippen LogP contribution >= 0.6 is 11.3 Å². The summed E-state index contributed by atoms with van der Waals surface area (Å²) >= 11 is 1.61. The number of carbonyl (C=O) groups is 1. The number of hydrogen-bond acceptors (Lipinski definition) is 6. The zero-order valence-electron chi connectivity index (χ0n) is 11.6. The second kappa shape index (κ2) is 6.24. The second-order valence-electron chi connectivity index (χ2n) is 4.65. The van der Waals surface area contributed by atoms with Crippen LogP contribution in [0.2, 0.25) is 0 Å². The number of ether oxygens (including phenoxy) is 3. The maximum Gasteiger partial charge on any atom is 0.231 e. The number of ketones is 1. The number of aromatic nitrogens is 1. The van der Waals surface area contributed by atoms with Crippen molar-refractivity contribution in [2.24, 2.45) is 0 Å². The molecule has 0 N–H and O–H groups in total. The van der Waals surface area contributed by atoms with Crippen molar-refractivity contribution in [3.8, 4) is 11.5 Å². The Kier molecular flexibility index (Phi) is 4.17. The van der Waals surface area contributed by atoms with Gasteiger partial charge in [0.1, 0.15) is 6.61 Å². The van der Waals surface area contributed by atoms with Crippen LogP contribution in [0.25, 0.3) is 0 Å². The van der Waals surface area contributed by atoms with Crippen LogP contribution in [0, 0.1) is 6.92 Å². The molecule has 0 saturated carbocycles. The van der Waals surface area contributed by atoms with Crippen molar-refractivity contribution in [2.45, 2.75) is 13.3 Å². The van der Waals surface area contributed by atoms with Gasteiger partial charge in [-0.2, -0.15) is 0 Å². The number of hydrogen-bond donors (Lipinski definition) is 0. The van der Waals surface area contributed by atoms with Crippen molar-refractivity contribution >= 4 is 17.1 Å². The average molecular weight is 305 g/mol. The number of benzene rings is 1. The van der Waals surface area contributed by atoms with Gasteiger partial charge in [-0.1, -0.05) is 0 Å². The van der Waals surface area contributed by atoms with Crippen LogP contribution in [0.1, 0.15) is 20.9 Å². The molecule has 0 fully saturated rings. The van der Waals surface area contributed by atoms with Crippen molar-refractivity contribution in [2.75, 3.05) is 20.0 Å². The first kappa shape index (κ1) is 14.0. The summed E-state index contributed by atoms with van der Waals surface area (Å²) in [7, 11) is 0.